The fourth-order valence-corrected chi connectivity index (χ4v) is 2.30. The number of anilines is 2. The van der Waals surface area contributed by atoms with E-state index in [4.69, 9.17) is 0 Å². The Bertz CT molecular complexity index is 572. The van der Waals surface area contributed by atoms with Crippen LogP contribution in [0.4, 0.5) is 11.5 Å². The summed E-state index contributed by atoms with van der Waals surface area (Å²) < 4.78 is 1.49. The van der Waals surface area contributed by atoms with Crippen molar-refractivity contribution in [3.05, 3.63) is 33.5 Å². The predicted molar refractivity (Wildman–Crippen MR) is 72.4 cm³/mol. The second-order valence-corrected chi connectivity index (χ2v) is 4.52. The van der Waals surface area contributed by atoms with Gasteiger partial charge in [0.1, 0.15) is 11.5 Å². The van der Waals surface area contributed by atoms with E-state index in [0.717, 1.165) is 19.4 Å². The molecule has 1 aliphatic rings. The molecule has 0 bridgehead atoms. The van der Waals surface area contributed by atoms with Gasteiger partial charge >= 0.3 is 5.69 Å². The lowest BCUT2D eigenvalue weighted by Gasteiger charge is -2.19. The number of rotatable bonds is 4. The molecule has 18 heavy (non-hydrogen) atoms. The van der Waals surface area contributed by atoms with Gasteiger partial charge in [-0.25, -0.2) is 4.79 Å². The number of allylic oxidation sites excluding steroid dienone is 1. The Morgan fingerprint density at radius 3 is 2.78 bits per heavy atom. The van der Waals surface area contributed by atoms with Crippen LogP contribution in [0, 0.1) is 0 Å². The maximum Gasteiger partial charge on any atom is 0.329 e. The van der Waals surface area contributed by atoms with Gasteiger partial charge in [0, 0.05) is 20.6 Å². The van der Waals surface area contributed by atoms with Crippen LogP contribution in [0.15, 0.2) is 22.2 Å². The van der Waals surface area contributed by atoms with Crippen molar-refractivity contribution in [2.24, 2.45) is 7.05 Å². The molecule has 6 nitrogen and oxygen atoms in total. The molecule has 1 aliphatic heterocycles. The van der Waals surface area contributed by atoms with Gasteiger partial charge in [0.2, 0.25) is 0 Å². The number of nitrogens with one attached hydrogen (secondary N) is 1. The van der Waals surface area contributed by atoms with Crippen LogP contribution in [0.3, 0.4) is 0 Å². The summed E-state index contributed by atoms with van der Waals surface area (Å²) in [7, 11) is 3.53. The van der Waals surface area contributed by atoms with Gasteiger partial charge in [-0.3, -0.25) is 14.3 Å². The van der Waals surface area contributed by atoms with E-state index in [1.807, 2.05) is 18.0 Å². The maximum atomic E-state index is 11.8. The lowest BCUT2D eigenvalue weighted by molar-refractivity contribution is 0.715. The van der Waals surface area contributed by atoms with Gasteiger partial charge in [0.05, 0.1) is 6.67 Å². The van der Waals surface area contributed by atoms with Crippen molar-refractivity contribution in [3.8, 4) is 0 Å². The fraction of sp³-hybridized carbons (Fsp3) is 0.500. The quantitative estimate of drug-likeness (QED) is 0.615. The fourth-order valence-electron chi connectivity index (χ4n) is 2.30. The third kappa shape index (κ3) is 1.94. The normalized spacial score (nSPS) is 13.9. The highest BCUT2D eigenvalue weighted by molar-refractivity contribution is 5.71. The summed E-state index contributed by atoms with van der Waals surface area (Å²) in [4.78, 5) is 29.7. The molecule has 0 saturated heterocycles. The van der Waals surface area contributed by atoms with Gasteiger partial charge in [-0.05, 0) is 12.8 Å². The SMILES string of the molecule is C=CCCCN1CN(C)c2c1n(C)c(=O)[nH]c2=O. The highest BCUT2D eigenvalue weighted by Gasteiger charge is 2.28. The summed E-state index contributed by atoms with van der Waals surface area (Å²) in [6, 6.07) is 0. The van der Waals surface area contributed by atoms with Gasteiger partial charge in [0.15, 0.2) is 0 Å². The highest BCUT2D eigenvalue weighted by atomic mass is 16.2. The van der Waals surface area contributed by atoms with Gasteiger partial charge in [-0.2, -0.15) is 0 Å². The first-order valence-electron chi connectivity index (χ1n) is 5.96. The molecular formula is C12H18N4O2. The zero-order valence-electron chi connectivity index (χ0n) is 10.8. The predicted octanol–water partition coefficient (Wildman–Crippen LogP) is 0.253. The lowest BCUT2D eigenvalue weighted by Crippen LogP contribution is -2.32. The summed E-state index contributed by atoms with van der Waals surface area (Å²) in [5.41, 5.74) is -0.125. The molecule has 0 aromatic carbocycles. The first-order valence-corrected chi connectivity index (χ1v) is 5.96. The Kier molecular flexibility index (Phi) is 3.27. The van der Waals surface area contributed by atoms with Crippen LogP contribution in [0.1, 0.15) is 12.8 Å². The third-order valence-electron chi connectivity index (χ3n) is 3.17. The third-order valence-corrected chi connectivity index (χ3v) is 3.17. The average molecular weight is 250 g/mol. The number of aromatic amines is 1. The molecule has 2 rings (SSSR count). The molecule has 1 aromatic rings. The van der Waals surface area contributed by atoms with Gasteiger partial charge in [-0.15, -0.1) is 6.58 Å². The average Bonchev–Trinajstić information content (AvgIpc) is 2.64. The second kappa shape index (κ2) is 4.72. The van der Waals surface area contributed by atoms with E-state index in [2.05, 4.69) is 16.5 Å². The van der Waals surface area contributed by atoms with Crippen molar-refractivity contribution in [2.75, 3.05) is 30.1 Å². The van der Waals surface area contributed by atoms with Crippen LogP contribution in [0.2, 0.25) is 0 Å². The smallest absolute Gasteiger partial charge is 0.329 e. The monoisotopic (exact) mass is 250 g/mol. The molecule has 0 radical (unpaired) electrons. The molecule has 0 fully saturated rings. The molecule has 0 unspecified atom stereocenters. The van der Waals surface area contributed by atoms with Crippen LogP contribution >= 0.6 is 0 Å². The van der Waals surface area contributed by atoms with Crippen LogP contribution in [0.5, 0.6) is 0 Å². The molecule has 98 valence electrons. The minimum atomic E-state index is -0.372. The van der Waals surface area contributed by atoms with Crippen molar-refractivity contribution in [3.63, 3.8) is 0 Å². The maximum absolute atomic E-state index is 11.8. The van der Waals surface area contributed by atoms with Crippen LogP contribution in [0.25, 0.3) is 0 Å². The molecule has 0 spiro atoms. The summed E-state index contributed by atoms with van der Waals surface area (Å²) in [6.07, 6.45) is 3.75. The van der Waals surface area contributed by atoms with E-state index in [0.29, 0.717) is 18.2 Å². The minimum absolute atomic E-state index is 0.318. The summed E-state index contributed by atoms with van der Waals surface area (Å²) in [5, 5.41) is 0. The Morgan fingerprint density at radius 2 is 2.11 bits per heavy atom. The summed E-state index contributed by atoms with van der Waals surface area (Å²) >= 11 is 0. The minimum Gasteiger partial charge on any atom is -0.349 e. The van der Waals surface area contributed by atoms with Crippen molar-refractivity contribution in [2.45, 2.75) is 12.8 Å². The van der Waals surface area contributed by atoms with Gasteiger partial charge < -0.3 is 9.80 Å². The van der Waals surface area contributed by atoms with E-state index in [-0.39, 0.29) is 11.2 Å². The zero-order valence-corrected chi connectivity index (χ0v) is 10.8. The van der Waals surface area contributed by atoms with Crippen molar-refractivity contribution >= 4 is 11.5 Å². The molecule has 0 aliphatic carbocycles. The Morgan fingerprint density at radius 1 is 1.39 bits per heavy atom. The Labute approximate surface area is 105 Å². The largest absolute Gasteiger partial charge is 0.349 e. The topological polar surface area (TPSA) is 61.3 Å². The number of H-pyrrole nitrogens is 1. The van der Waals surface area contributed by atoms with E-state index in [9.17, 15) is 9.59 Å². The molecule has 6 heteroatoms. The van der Waals surface area contributed by atoms with Gasteiger partial charge in [0.25, 0.3) is 5.56 Å². The van der Waals surface area contributed by atoms with Crippen LogP contribution < -0.4 is 21.0 Å². The van der Waals surface area contributed by atoms with E-state index in [1.165, 1.54) is 4.57 Å². The van der Waals surface area contributed by atoms with E-state index >= 15 is 0 Å². The second-order valence-electron chi connectivity index (χ2n) is 4.52. The molecule has 2 heterocycles. The molecule has 0 atom stereocenters. The van der Waals surface area contributed by atoms with E-state index < -0.39 is 0 Å². The Hall–Kier alpha value is -1.98. The summed E-state index contributed by atoms with van der Waals surface area (Å²) in [6.45, 7) is 5.13. The first-order chi connectivity index (χ1) is 8.56. The number of fused-ring (bicyclic) bond motifs is 1. The van der Waals surface area contributed by atoms with E-state index in [1.54, 1.807) is 7.05 Å². The molecule has 1 aromatic heterocycles. The van der Waals surface area contributed by atoms with Crippen molar-refractivity contribution in [1.29, 1.82) is 0 Å². The number of nitrogens with zero attached hydrogens (tertiary/aromatic N) is 3. The first kappa shape index (κ1) is 12.5. The van der Waals surface area contributed by atoms with Crippen molar-refractivity contribution < 1.29 is 0 Å². The molecular weight excluding hydrogens is 232 g/mol. The van der Waals surface area contributed by atoms with Crippen LogP contribution in [-0.4, -0.2) is 29.8 Å². The summed E-state index contributed by atoms with van der Waals surface area (Å²) in [5.74, 6) is 0.704. The van der Waals surface area contributed by atoms with Crippen molar-refractivity contribution in [1.82, 2.24) is 9.55 Å². The lowest BCUT2D eigenvalue weighted by atomic mass is 10.3. The highest BCUT2D eigenvalue weighted by Crippen LogP contribution is 2.29. The van der Waals surface area contributed by atoms with Crippen LogP contribution in [-0.2, 0) is 7.05 Å². The number of aromatic nitrogens is 2. The van der Waals surface area contributed by atoms with Gasteiger partial charge in [-0.1, -0.05) is 6.08 Å². The standard InChI is InChI=1S/C12H18N4O2/c1-4-5-6-7-16-8-14(2)9-10(17)13-12(18)15(3)11(9)16/h4H,1,5-8H2,2-3H3,(H,13,17,18). The molecule has 0 saturated carbocycles. The zero-order chi connectivity index (χ0) is 13.3. The molecule has 0 amide bonds. The number of hydrogen-bond acceptors (Lipinski definition) is 4. The number of hydrogen-bond donors (Lipinski definition) is 1. The Balaban J connectivity index is 2.41. The number of unbranched alkanes of at least 4 members (excludes halogenated alkanes) is 1. The molecule has 1 N–H and O–H groups in total.